The van der Waals surface area contributed by atoms with Gasteiger partial charge in [-0.2, -0.15) is 0 Å². The van der Waals surface area contributed by atoms with Crippen molar-refractivity contribution < 1.29 is 9.59 Å². The maximum absolute atomic E-state index is 11.9. The third-order valence-electron chi connectivity index (χ3n) is 3.14. The summed E-state index contributed by atoms with van der Waals surface area (Å²) in [6, 6.07) is 17.6. The summed E-state index contributed by atoms with van der Waals surface area (Å²) in [5, 5.41) is 13.6. The predicted molar refractivity (Wildman–Crippen MR) is 98.2 cm³/mol. The van der Waals surface area contributed by atoms with E-state index in [0.717, 1.165) is 5.56 Å². The Hall–Kier alpha value is -3.32. The van der Waals surface area contributed by atoms with Gasteiger partial charge >= 0.3 is 6.03 Å². The van der Waals surface area contributed by atoms with Crippen LogP contribution in [-0.2, 0) is 0 Å². The molecule has 1 aromatic heterocycles. The van der Waals surface area contributed by atoms with Crippen LogP contribution in [0.25, 0.3) is 12.2 Å². The second-order valence-corrected chi connectivity index (χ2v) is 5.97. The highest BCUT2D eigenvalue weighted by molar-refractivity contribution is 7.16. The van der Waals surface area contributed by atoms with Crippen molar-refractivity contribution >= 4 is 40.6 Å². The third kappa shape index (κ3) is 4.82. The maximum atomic E-state index is 11.9. The number of nitrogens with one attached hydrogen (secondary N) is 2. The summed E-state index contributed by atoms with van der Waals surface area (Å²) >= 11 is 1.21. The first-order valence-corrected chi connectivity index (χ1v) is 8.26. The highest BCUT2D eigenvalue weighted by Crippen LogP contribution is 2.17. The number of nitrogens with zero attached hydrogens (tertiary/aromatic N) is 2. The Balaban J connectivity index is 1.57. The summed E-state index contributed by atoms with van der Waals surface area (Å²) in [5.74, 6) is -0.480. The van der Waals surface area contributed by atoms with Crippen LogP contribution in [0.2, 0.25) is 0 Å². The van der Waals surface area contributed by atoms with E-state index in [-0.39, 0.29) is 0 Å². The van der Waals surface area contributed by atoms with Gasteiger partial charge in [0.05, 0.1) is 0 Å². The van der Waals surface area contributed by atoms with Crippen LogP contribution in [0.1, 0.15) is 20.9 Å². The minimum atomic E-state index is -0.649. The molecule has 3 amide bonds. The summed E-state index contributed by atoms with van der Waals surface area (Å²) in [4.78, 5) is 23.8. The minimum absolute atomic E-state index is 0.311. The van der Waals surface area contributed by atoms with Crippen molar-refractivity contribution in [2.24, 2.45) is 0 Å². The van der Waals surface area contributed by atoms with Crippen molar-refractivity contribution in [3.8, 4) is 0 Å². The van der Waals surface area contributed by atoms with E-state index in [1.807, 2.05) is 42.5 Å². The predicted octanol–water partition coefficient (Wildman–Crippen LogP) is 3.67. The van der Waals surface area contributed by atoms with Crippen molar-refractivity contribution in [3.63, 3.8) is 0 Å². The van der Waals surface area contributed by atoms with E-state index in [1.165, 1.54) is 11.3 Å². The molecule has 0 unspecified atom stereocenters. The molecule has 3 aromatic rings. The molecule has 0 aliphatic carbocycles. The number of carbonyl (C=O) groups excluding carboxylic acids is 2. The number of urea groups is 1. The van der Waals surface area contributed by atoms with Crippen molar-refractivity contribution in [2.75, 3.05) is 5.32 Å². The van der Waals surface area contributed by atoms with Crippen LogP contribution >= 0.6 is 11.3 Å². The maximum Gasteiger partial charge on any atom is 0.328 e. The molecule has 0 fully saturated rings. The summed E-state index contributed by atoms with van der Waals surface area (Å²) in [6.45, 7) is 0. The Morgan fingerprint density at radius 3 is 2.28 bits per heavy atom. The van der Waals surface area contributed by atoms with E-state index in [9.17, 15) is 9.59 Å². The average Bonchev–Trinajstić information content (AvgIpc) is 3.08. The Morgan fingerprint density at radius 1 is 0.880 bits per heavy atom. The molecule has 0 radical (unpaired) electrons. The topological polar surface area (TPSA) is 84.0 Å². The minimum Gasteiger partial charge on any atom is -0.282 e. The molecule has 0 spiro atoms. The van der Waals surface area contributed by atoms with E-state index >= 15 is 0 Å². The van der Waals surface area contributed by atoms with Gasteiger partial charge in [0, 0.05) is 5.56 Å². The Bertz CT molecular complexity index is 892. The lowest BCUT2D eigenvalue weighted by atomic mass is 10.2. The number of aromatic nitrogens is 2. The summed E-state index contributed by atoms with van der Waals surface area (Å²) in [5.41, 5.74) is 1.44. The van der Waals surface area contributed by atoms with Gasteiger partial charge in [-0.25, -0.2) is 4.79 Å². The lowest BCUT2D eigenvalue weighted by Crippen LogP contribution is -2.34. The molecule has 7 heteroatoms. The van der Waals surface area contributed by atoms with Gasteiger partial charge in [-0.05, 0) is 23.8 Å². The van der Waals surface area contributed by atoms with Crippen LogP contribution in [0.4, 0.5) is 9.93 Å². The zero-order valence-electron chi connectivity index (χ0n) is 13.0. The first kappa shape index (κ1) is 16.5. The lowest BCUT2D eigenvalue weighted by molar-refractivity contribution is 0.0967. The molecule has 0 aliphatic rings. The number of anilines is 1. The van der Waals surface area contributed by atoms with Gasteiger partial charge in [-0.3, -0.25) is 15.4 Å². The highest BCUT2D eigenvalue weighted by atomic mass is 32.1. The zero-order chi connectivity index (χ0) is 17.5. The second-order valence-electron chi connectivity index (χ2n) is 4.96. The molecule has 0 atom stereocenters. The van der Waals surface area contributed by atoms with E-state index < -0.39 is 11.9 Å². The van der Waals surface area contributed by atoms with Crippen molar-refractivity contribution in [1.29, 1.82) is 0 Å². The molecule has 2 N–H and O–H groups in total. The van der Waals surface area contributed by atoms with Crippen molar-refractivity contribution in [1.82, 2.24) is 15.5 Å². The Labute approximate surface area is 148 Å². The SMILES string of the molecule is O=C(NC(=O)c1ccccc1)Nc1nnc(/C=C/c2ccccc2)s1. The van der Waals surface area contributed by atoms with Gasteiger partial charge in [-0.15, -0.1) is 10.2 Å². The van der Waals surface area contributed by atoms with Gasteiger partial charge in [0.15, 0.2) is 0 Å². The normalized spacial score (nSPS) is 10.6. The molecule has 0 bridgehead atoms. The lowest BCUT2D eigenvalue weighted by Gasteiger charge is -2.03. The van der Waals surface area contributed by atoms with E-state index in [2.05, 4.69) is 20.8 Å². The van der Waals surface area contributed by atoms with Gasteiger partial charge in [0.25, 0.3) is 5.91 Å². The number of carbonyl (C=O) groups is 2. The third-order valence-corrected chi connectivity index (χ3v) is 3.95. The van der Waals surface area contributed by atoms with Gasteiger partial charge in [-0.1, -0.05) is 65.9 Å². The Kier molecular flexibility index (Phi) is 5.28. The standard InChI is InChI=1S/C18H14N4O2S/c23-16(14-9-5-2-6-10-14)19-17(24)20-18-22-21-15(25-18)12-11-13-7-3-1-4-8-13/h1-12H,(H2,19,20,22,23,24)/b12-11+. The Morgan fingerprint density at radius 2 is 1.56 bits per heavy atom. The largest absolute Gasteiger partial charge is 0.328 e. The molecule has 25 heavy (non-hydrogen) atoms. The van der Waals surface area contributed by atoms with Gasteiger partial charge in [0.1, 0.15) is 5.01 Å². The molecule has 0 saturated heterocycles. The highest BCUT2D eigenvalue weighted by Gasteiger charge is 2.11. The molecule has 124 valence electrons. The fourth-order valence-corrected chi connectivity index (χ4v) is 2.62. The van der Waals surface area contributed by atoms with Crippen LogP contribution < -0.4 is 10.6 Å². The van der Waals surface area contributed by atoms with Crippen LogP contribution in [0, 0.1) is 0 Å². The summed E-state index contributed by atoms with van der Waals surface area (Å²) in [7, 11) is 0. The molecule has 0 saturated carbocycles. The van der Waals surface area contributed by atoms with Gasteiger partial charge < -0.3 is 0 Å². The van der Waals surface area contributed by atoms with E-state index in [0.29, 0.717) is 15.7 Å². The smallest absolute Gasteiger partial charge is 0.282 e. The van der Waals surface area contributed by atoms with Crippen LogP contribution in [0.5, 0.6) is 0 Å². The molecule has 2 aromatic carbocycles. The van der Waals surface area contributed by atoms with Gasteiger partial charge in [0.2, 0.25) is 5.13 Å². The van der Waals surface area contributed by atoms with Crippen molar-refractivity contribution in [2.45, 2.75) is 0 Å². The molecular formula is C18H14N4O2S. The number of hydrogen-bond donors (Lipinski definition) is 2. The fraction of sp³-hybridized carbons (Fsp3) is 0. The number of imide groups is 1. The van der Waals surface area contributed by atoms with E-state index in [1.54, 1.807) is 30.3 Å². The van der Waals surface area contributed by atoms with Crippen molar-refractivity contribution in [3.05, 3.63) is 76.8 Å². The molecular weight excluding hydrogens is 336 g/mol. The fourth-order valence-electron chi connectivity index (χ4n) is 1.98. The van der Waals surface area contributed by atoms with E-state index in [4.69, 9.17) is 0 Å². The summed E-state index contributed by atoms with van der Waals surface area (Å²) < 4.78 is 0. The number of benzene rings is 2. The second kappa shape index (κ2) is 7.98. The number of rotatable bonds is 4. The quantitative estimate of drug-likeness (QED) is 0.752. The molecule has 6 nitrogen and oxygen atoms in total. The van der Waals surface area contributed by atoms with Crippen LogP contribution in [0.15, 0.2) is 60.7 Å². The summed E-state index contributed by atoms with van der Waals surface area (Å²) in [6.07, 6.45) is 3.72. The zero-order valence-corrected chi connectivity index (χ0v) is 13.9. The molecule has 1 heterocycles. The molecule has 0 aliphatic heterocycles. The first-order valence-electron chi connectivity index (χ1n) is 7.45. The first-order chi connectivity index (χ1) is 12.2. The average molecular weight is 350 g/mol. The van der Waals surface area contributed by atoms with Crippen LogP contribution in [-0.4, -0.2) is 22.1 Å². The monoisotopic (exact) mass is 350 g/mol. The van der Waals surface area contributed by atoms with Crippen LogP contribution in [0.3, 0.4) is 0 Å². The number of amides is 3. The molecule has 3 rings (SSSR count). The number of hydrogen-bond acceptors (Lipinski definition) is 5.